The van der Waals surface area contributed by atoms with Crippen molar-refractivity contribution < 1.29 is 19.0 Å². The largest absolute Gasteiger partial charge is 0.493 e. The lowest BCUT2D eigenvalue weighted by atomic mass is 10.1. The van der Waals surface area contributed by atoms with Crippen LogP contribution in [-0.4, -0.2) is 49.9 Å². The fourth-order valence-electron chi connectivity index (χ4n) is 3.75. The first-order valence-electron chi connectivity index (χ1n) is 11.4. The van der Waals surface area contributed by atoms with Crippen molar-refractivity contribution in [3.8, 4) is 11.5 Å². The molecule has 1 aliphatic rings. The third kappa shape index (κ3) is 6.98. The summed E-state index contributed by atoms with van der Waals surface area (Å²) in [6.45, 7) is 10.9. The summed E-state index contributed by atoms with van der Waals surface area (Å²) in [6, 6.07) is 7.21. The van der Waals surface area contributed by atoms with Crippen LogP contribution in [0.25, 0.3) is 0 Å². The van der Waals surface area contributed by atoms with Gasteiger partial charge in [0.15, 0.2) is 11.5 Å². The van der Waals surface area contributed by atoms with Crippen molar-refractivity contribution in [2.45, 2.75) is 52.9 Å². The maximum absolute atomic E-state index is 12.7. The second-order valence-corrected chi connectivity index (χ2v) is 9.30. The summed E-state index contributed by atoms with van der Waals surface area (Å²) in [7, 11) is 1.53. The van der Waals surface area contributed by atoms with Crippen LogP contribution in [0.5, 0.6) is 11.5 Å². The molecule has 1 amide bonds. The molecule has 1 fully saturated rings. The topological polar surface area (TPSA) is 72.9 Å². The zero-order valence-electron chi connectivity index (χ0n) is 20.1. The van der Waals surface area contributed by atoms with Gasteiger partial charge >= 0.3 is 0 Å². The number of hydrogen-bond donors (Lipinski definition) is 1. The van der Waals surface area contributed by atoms with Crippen LogP contribution in [-0.2, 0) is 11.3 Å². The summed E-state index contributed by atoms with van der Waals surface area (Å²) < 4.78 is 17.0. The van der Waals surface area contributed by atoms with E-state index in [2.05, 4.69) is 42.9 Å². The number of nitrogens with one attached hydrogen (secondary N) is 1. The first-order chi connectivity index (χ1) is 15.8. The lowest BCUT2D eigenvalue weighted by Gasteiger charge is -2.36. The Bertz CT molecular complexity index is 926. The molecule has 1 saturated heterocycles. The maximum Gasteiger partial charge on any atom is 0.251 e. The molecule has 0 saturated carbocycles. The highest BCUT2D eigenvalue weighted by Gasteiger charge is 2.23. The number of rotatable bonds is 9. The van der Waals surface area contributed by atoms with E-state index in [9.17, 15) is 4.79 Å². The molecule has 33 heavy (non-hydrogen) atoms. The van der Waals surface area contributed by atoms with Gasteiger partial charge in [-0.25, -0.2) is 4.98 Å². The van der Waals surface area contributed by atoms with E-state index in [1.54, 1.807) is 18.3 Å². The lowest BCUT2D eigenvalue weighted by Crippen LogP contribution is -2.45. The molecule has 2 aromatic rings. The number of amides is 1. The minimum Gasteiger partial charge on any atom is -0.493 e. The van der Waals surface area contributed by atoms with Crippen LogP contribution in [0.15, 0.2) is 30.5 Å². The highest BCUT2D eigenvalue weighted by molar-refractivity contribution is 6.32. The van der Waals surface area contributed by atoms with Crippen LogP contribution in [0.3, 0.4) is 0 Å². The Kier molecular flexibility index (Phi) is 8.80. The van der Waals surface area contributed by atoms with Crippen molar-refractivity contribution in [3.05, 3.63) is 46.6 Å². The highest BCUT2D eigenvalue weighted by atomic mass is 35.5. The molecular formula is C25H34ClN3O4. The molecule has 0 radical (unpaired) electrons. The summed E-state index contributed by atoms with van der Waals surface area (Å²) in [6.07, 6.45) is 3.04. The normalized spacial score (nSPS) is 18.3. The van der Waals surface area contributed by atoms with Gasteiger partial charge in [0.05, 0.1) is 30.9 Å². The number of benzene rings is 1. The summed E-state index contributed by atoms with van der Waals surface area (Å²) in [5.41, 5.74) is 1.32. The molecule has 1 aliphatic heterocycles. The Hall–Kier alpha value is -2.51. The number of carbonyl (C=O) groups excluding carboxylic acids is 1. The molecule has 2 atom stereocenters. The molecule has 0 spiro atoms. The van der Waals surface area contributed by atoms with E-state index in [0.29, 0.717) is 41.2 Å². The van der Waals surface area contributed by atoms with Crippen molar-refractivity contribution in [2.24, 2.45) is 5.92 Å². The number of ether oxygens (including phenoxy) is 3. The van der Waals surface area contributed by atoms with Crippen LogP contribution < -0.4 is 19.7 Å². The van der Waals surface area contributed by atoms with E-state index in [-0.39, 0.29) is 18.1 Å². The number of morpholine rings is 1. The third-order valence-electron chi connectivity index (χ3n) is 5.44. The lowest BCUT2D eigenvalue weighted by molar-refractivity contribution is -0.00546. The summed E-state index contributed by atoms with van der Waals surface area (Å²) >= 11 is 6.39. The zero-order chi connectivity index (χ0) is 24.0. The van der Waals surface area contributed by atoms with Gasteiger partial charge in [0, 0.05) is 31.4 Å². The molecule has 1 aromatic heterocycles. The number of aromatic nitrogens is 1. The van der Waals surface area contributed by atoms with Gasteiger partial charge in [-0.15, -0.1) is 0 Å². The van der Waals surface area contributed by atoms with Crippen LogP contribution in [0, 0.1) is 5.92 Å². The van der Waals surface area contributed by atoms with Gasteiger partial charge in [-0.2, -0.15) is 0 Å². The minimum absolute atomic E-state index is 0.172. The number of hydrogen-bond acceptors (Lipinski definition) is 6. The summed E-state index contributed by atoms with van der Waals surface area (Å²) in [5, 5.41) is 3.27. The standard InChI is InChI=1S/C25H34ClN3O4/c1-16(2)8-9-32-24-21(26)10-20(11-22(24)31-5)25(30)28-13-19-6-7-23(27-12-19)29-14-17(3)33-18(4)15-29/h6-7,10-12,16-18H,8-9,13-15H2,1-5H3,(H,28,30). The van der Waals surface area contributed by atoms with Gasteiger partial charge in [0.25, 0.3) is 5.91 Å². The Labute approximate surface area is 201 Å². The Morgan fingerprint density at radius 1 is 1.27 bits per heavy atom. The van der Waals surface area contributed by atoms with E-state index in [1.165, 1.54) is 7.11 Å². The van der Waals surface area contributed by atoms with Crippen LogP contribution in [0.4, 0.5) is 5.82 Å². The third-order valence-corrected chi connectivity index (χ3v) is 5.72. The van der Waals surface area contributed by atoms with Crippen molar-refractivity contribution in [1.82, 2.24) is 10.3 Å². The summed E-state index contributed by atoms with van der Waals surface area (Å²) in [5.74, 6) is 2.09. The van der Waals surface area contributed by atoms with E-state index in [0.717, 1.165) is 30.9 Å². The van der Waals surface area contributed by atoms with E-state index in [1.807, 2.05) is 12.1 Å². The number of halogens is 1. The van der Waals surface area contributed by atoms with Gasteiger partial charge in [-0.1, -0.05) is 31.5 Å². The molecule has 8 heteroatoms. The smallest absolute Gasteiger partial charge is 0.251 e. The molecule has 1 aromatic carbocycles. The van der Waals surface area contributed by atoms with Gasteiger partial charge < -0.3 is 24.4 Å². The zero-order valence-corrected chi connectivity index (χ0v) is 20.8. The Morgan fingerprint density at radius 3 is 2.61 bits per heavy atom. The Balaban J connectivity index is 1.60. The number of methoxy groups -OCH3 is 1. The van der Waals surface area contributed by atoms with Crippen LogP contribution >= 0.6 is 11.6 Å². The van der Waals surface area contributed by atoms with Crippen molar-refractivity contribution in [3.63, 3.8) is 0 Å². The fourth-order valence-corrected chi connectivity index (χ4v) is 4.01. The van der Waals surface area contributed by atoms with Gasteiger partial charge in [0.2, 0.25) is 0 Å². The molecular weight excluding hydrogens is 442 g/mol. The quantitative estimate of drug-likeness (QED) is 0.566. The number of anilines is 1. The van der Waals surface area contributed by atoms with E-state index in [4.69, 9.17) is 25.8 Å². The molecule has 2 unspecified atom stereocenters. The highest BCUT2D eigenvalue weighted by Crippen LogP contribution is 2.36. The molecule has 2 heterocycles. The average molecular weight is 476 g/mol. The minimum atomic E-state index is -0.246. The molecule has 7 nitrogen and oxygen atoms in total. The molecule has 0 aliphatic carbocycles. The number of carbonyl (C=O) groups is 1. The van der Waals surface area contributed by atoms with Gasteiger partial charge in [0.1, 0.15) is 5.82 Å². The maximum atomic E-state index is 12.7. The number of nitrogens with zero attached hydrogens (tertiary/aromatic N) is 2. The molecule has 1 N–H and O–H groups in total. The van der Waals surface area contributed by atoms with Crippen molar-refractivity contribution in [2.75, 3.05) is 31.7 Å². The predicted molar refractivity (Wildman–Crippen MR) is 131 cm³/mol. The fraction of sp³-hybridized carbons (Fsp3) is 0.520. The van der Waals surface area contributed by atoms with Crippen molar-refractivity contribution >= 4 is 23.3 Å². The summed E-state index contributed by atoms with van der Waals surface area (Å²) in [4.78, 5) is 19.5. The first-order valence-corrected chi connectivity index (χ1v) is 11.8. The predicted octanol–water partition coefficient (Wildman–Crippen LogP) is 4.71. The molecule has 3 rings (SSSR count). The van der Waals surface area contributed by atoms with Crippen LogP contribution in [0.1, 0.15) is 50.0 Å². The van der Waals surface area contributed by atoms with Crippen molar-refractivity contribution in [1.29, 1.82) is 0 Å². The Morgan fingerprint density at radius 2 is 2.00 bits per heavy atom. The molecule has 180 valence electrons. The van der Waals surface area contributed by atoms with Gasteiger partial charge in [-0.05, 0) is 49.9 Å². The monoisotopic (exact) mass is 475 g/mol. The van der Waals surface area contributed by atoms with E-state index >= 15 is 0 Å². The van der Waals surface area contributed by atoms with E-state index < -0.39 is 0 Å². The second kappa shape index (κ2) is 11.6. The second-order valence-electron chi connectivity index (χ2n) is 8.89. The average Bonchev–Trinajstić information content (AvgIpc) is 2.77. The number of pyridine rings is 1. The van der Waals surface area contributed by atoms with Gasteiger partial charge in [-0.3, -0.25) is 4.79 Å². The molecule has 0 bridgehead atoms. The first kappa shape index (κ1) is 25.1. The SMILES string of the molecule is COc1cc(C(=O)NCc2ccc(N3CC(C)OC(C)C3)nc2)cc(Cl)c1OCCC(C)C. The van der Waals surface area contributed by atoms with Crippen LogP contribution in [0.2, 0.25) is 5.02 Å².